The van der Waals surface area contributed by atoms with Crippen LogP contribution >= 0.6 is 0 Å². The Morgan fingerprint density at radius 3 is 2.55 bits per heavy atom. The van der Waals surface area contributed by atoms with E-state index in [0.717, 1.165) is 44.8 Å². The van der Waals surface area contributed by atoms with Crippen molar-refractivity contribution in [3.05, 3.63) is 23.9 Å². The van der Waals surface area contributed by atoms with Gasteiger partial charge in [-0.1, -0.05) is 6.92 Å². The molecule has 1 saturated heterocycles. The molecule has 1 aromatic rings. The molecule has 0 spiro atoms. The molecule has 122 valence electrons. The van der Waals surface area contributed by atoms with E-state index in [2.05, 4.69) is 41.1 Å². The van der Waals surface area contributed by atoms with Crippen molar-refractivity contribution in [3.63, 3.8) is 0 Å². The second kappa shape index (κ2) is 7.07. The van der Waals surface area contributed by atoms with Gasteiger partial charge in [0.2, 0.25) is 5.91 Å². The molecule has 0 unspecified atom stereocenters. The molecule has 22 heavy (non-hydrogen) atoms. The van der Waals surface area contributed by atoms with E-state index >= 15 is 0 Å². The zero-order valence-electron chi connectivity index (χ0n) is 13.8. The number of carbonyl (C=O) groups is 1. The van der Waals surface area contributed by atoms with Crippen LogP contribution in [-0.2, 0) is 0 Å². The molecule has 3 N–H and O–H groups in total. The lowest BCUT2D eigenvalue weighted by Crippen LogP contribution is -2.56. The maximum Gasteiger partial charge on any atom is 0.250 e. The van der Waals surface area contributed by atoms with Crippen molar-refractivity contribution in [1.29, 1.82) is 0 Å². The van der Waals surface area contributed by atoms with Gasteiger partial charge in [0, 0.05) is 18.3 Å². The molecule has 2 rings (SSSR count). The van der Waals surface area contributed by atoms with Crippen LogP contribution in [0.2, 0.25) is 0 Å². The summed E-state index contributed by atoms with van der Waals surface area (Å²) in [5.41, 5.74) is 5.81. The zero-order chi connectivity index (χ0) is 16.2. The van der Waals surface area contributed by atoms with Gasteiger partial charge in [0.15, 0.2) is 0 Å². The van der Waals surface area contributed by atoms with Crippen LogP contribution < -0.4 is 11.1 Å². The van der Waals surface area contributed by atoms with E-state index < -0.39 is 5.91 Å². The van der Waals surface area contributed by atoms with Gasteiger partial charge in [-0.25, -0.2) is 4.98 Å². The number of rotatable bonds is 6. The molecule has 6 heteroatoms. The first-order chi connectivity index (χ1) is 10.5. The molecule has 1 amide bonds. The van der Waals surface area contributed by atoms with Crippen LogP contribution in [0.3, 0.4) is 0 Å². The van der Waals surface area contributed by atoms with E-state index in [-0.39, 0.29) is 5.54 Å². The highest BCUT2D eigenvalue weighted by atomic mass is 16.1. The Morgan fingerprint density at radius 1 is 1.41 bits per heavy atom. The van der Waals surface area contributed by atoms with Crippen molar-refractivity contribution in [2.24, 2.45) is 5.73 Å². The van der Waals surface area contributed by atoms with Crippen molar-refractivity contribution in [3.8, 4) is 0 Å². The lowest BCUT2D eigenvalue weighted by atomic mass is 9.86. The summed E-state index contributed by atoms with van der Waals surface area (Å²) in [5, 5.41) is 3.41. The van der Waals surface area contributed by atoms with Gasteiger partial charge in [0.05, 0.1) is 5.56 Å². The second-order valence-corrected chi connectivity index (χ2v) is 6.20. The molecule has 0 radical (unpaired) electrons. The van der Waals surface area contributed by atoms with Crippen LogP contribution in [0.25, 0.3) is 0 Å². The summed E-state index contributed by atoms with van der Waals surface area (Å²) in [6.45, 7) is 6.44. The molecular formula is C16H27N5O. The normalized spacial score (nSPS) is 18.4. The number of likely N-dealkylation sites (N-methyl/N-ethyl adjacent to an activating group) is 1. The molecule has 1 fully saturated rings. The Balaban J connectivity index is 1.99. The van der Waals surface area contributed by atoms with E-state index in [1.54, 1.807) is 6.07 Å². The minimum atomic E-state index is -0.448. The number of nitrogens with zero attached hydrogens (tertiary/aromatic N) is 3. The third kappa shape index (κ3) is 3.75. The average molecular weight is 305 g/mol. The lowest BCUT2D eigenvalue weighted by molar-refractivity contribution is 0.0686. The van der Waals surface area contributed by atoms with Gasteiger partial charge < -0.3 is 20.9 Å². The Kier molecular flexibility index (Phi) is 5.37. The Bertz CT molecular complexity index is 492. The van der Waals surface area contributed by atoms with Crippen LogP contribution in [-0.4, -0.2) is 66.5 Å². The number of anilines is 1. The van der Waals surface area contributed by atoms with E-state index in [0.29, 0.717) is 5.56 Å². The first-order valence-corrected chi connectivity index (χ1v) is 7.86. The molecule has 0 aromatic carbocycles. The van der Waals surface area contributed by atoms with Crippen molar-refractivity contribution < 1.29 is 4.79 Å². The van der Waals surface area contributed by atoms with Gasteiger partial charge >= 0.3 is 0 Å². The fraction of sp³-hybridized carbons (Fsp3) is 0.625. The molecule has 0 atom stereocenters. The second-order valence-electron chi connectivity index (χ2n) is 6.20. The van der Waals surface area contributed by atoms with E-state index in [9.17, 15) is 4.79 Å². The maximum absolute atomic E-state index is 11.1. The minimum absolute atomic E-state index is 0.149. The van der Waals surface area contributed by atoms with Crippen molar-refractivity contribution >= 4 is 11.7 Å². The van der Waals surface area contributed by atoms with Crippen molar-refractivity contribution in [2.75, 3.05) is 45.6 Å². The minimum Gasteiger partial charge on any atom is -0.368 e. The summed E-state index contributed by atoms with van der Waals surface area (Å²) < 4.78 is 0. The third-order valence-corrected chi connectivity index (χ3v) is 4.83. The molecule has 1 aliphatic heterocycles. The standard InChI is InChI=1S/C16H27N5O/c1-4-21-9-7-16(8-10-21,20(2)3)12-19-14-6-5-13(11-18-14)15(17)22/h5-6,11H,4,7-10,12H2,1-3H3,(H2,17,22)(H,18,19). The van der Waals surface area contributed by atoms with E-state index in [4.69, 9.17) is 5.73 Å². The van der Waals surface area contributed by atoms with Crippen LogP contribution in [0.15, 0.2) is 18.3 Å². The number of primary amides is 1. The smallest absolute Gasteiger partial charge is 0.250 e. The summed E-state index contributed by atoms with van der Waals surface area (Å²) in [5.74, 6) is 0.333. The quantitative estimate of drug-likeness (QED) is 0.820. The molecule has 6 nitrogen and oxygen atoms in total. The van der Waals surface area contributed by atoms with Crippen molar-refractivity contribution in [1.82, 2.24) is 14.8 Å². The molecule has 1 aromatic heterocycles. The SMILES string of the molecule is CCN1CCC(CNc2ccc(C(N)=O)cn2)(N(C)C)CC1. The summed E-state index contributed by atoms with van der Waals surface area (Å²) in [4.78, 5) is 20.1. The summed E-state index contributed by atoms with van der Waals surface area (Å²) >= 11 is 0. The molecule has 1 aliphatic rings. The van der Waals surface area contributed by atoms with Gasteiger partial charge in [-0.2, -0.15) is 0 Å². The summed E-state index contributed by atoms with van der Waals surface area (Å²) in [6.07, 6.45) is 3.80. The number of hydrogen-bond donors (Lipinski definition) is 2. The van der Waals surface area contributed by atoms with Gasteiger partial charge in [0.1, 0.15) is 5.82 Å². The van der Waals surface area contributed by atoms with Gasteiger partial charge in [-0.05, 0) is 58.7 Å². The number of aromatic nitrogens is 1. The lowest BCUT2D eigenvalue weighted by Gasteiger charge is -2.46. The summed E-state index contributed by atoms with van der Waals surface area (Å²) in [7, 11) is 4.29. The Hall–Kier alpha value is -1.66. The average Bonchev–Trinajstić information content (AvgIpc) is 2.53. The molecule has 0 bridgehead atoms. The van der Waals surface area contributed by atoms with Gasteiger partial charge in [0.25, 0.3) is 0 Å². The van der Waals surface area contributed by atoms with Crippen LogP contribution in [0, 0.1) is 0 Å². The predicted octanol–water partition coefficient (Wildman–Crippen LogP) is 1.01. The number of nitrogens with one attached hydrogen (secondary N) is 1. The Morgan fingerprint density at radius 2 is 2.09 bits per heavy atom. The number of amides is 1. The maximum atomic E-state index is 11.1. The molecule has 2 heterocycles. The van der Waals surface area contributed by atoms with Gasteiger partial charge in [-0.3, -0.25) is 4.79 Å². The van der Waals surface area contributed by atoms with Crippen LogP contribution in [0.5, 0.6) is 0 Å². The number of nitrogens with two attached hydrogens (primary N) is 1. The van der Waals surface area contributed by atoms with Crippen LogP contribution in [0.4, 0.5) is 5.82 Å². The summed E-state index contributed by atoms with van der Waals surface area (Å²) in [6, 6.07) is 3.52. The predicted molar refractivity (Wildman–Crippen MR) is 89.0 cm³/mol. The first kappa shape index (κ1) is 16.7. The highest BCUT2D eigenvalue weighted by Crippen LogP contribution is 2.27. The monoisotopic (exact) mass is 305 g/mol. The Labute approximate surface area is 132 Å². The topological polar surface area (TPSA) is 74.5 Å². The number of hydrogen-bond acceptors (Lipinski definition) is 5. The van der Waals surface area contributed by atoms with Gasteiger partial charge in [-0.15, -0.1) is 0 Å². The van der Waals surface area contributed by atoms with E-state index in [1.807, 2.05) is 6.07 Å². The highest BCUT2D eigenvalue weighted by Gasteiger charge is 2.36. The molecule has 0 aliphatic carbocycles. The molecular weight excluding hydrogens is 278 g/mol. The number of likely N-dealkylation sites (tertiary alicyclic amines) is 1. The zero-order valence-corrected chi connectivity index (χ0v) is 13.8. The fourth-order valence-corrected chi connectivity index (χ4v) is 2.97. The largest absolute Gasteiger partial charge is 0.368 e. The van der Waals surface area contributed by atoms with Crippen molar-refractivity contribution in [2.45, 2.75) is 25.3 Å². The highest BCUT2D eigenvalue weighted by molar-refractivity contribution is 5.92. The van der Waals surface area contributed by atoms with Crippen LogP contribution in [0.1, 0.15) is 30.1 Å². The van der Waals surface area contributed by atoms with E-state index in [1.165, 1.54) is 6.20 Å². The number of pyridine rings is 1. The number of carbonyl (C=O) groups excluding carboxylic acids is 1. The third-order valence-electron chi connectivity index (χ3n) is 4.83. The number of piperidine rings is 1. The first-order valence-electron chi connectivity index (χ1n) is 7.86. The fourth-order valence-electron chi connectivity index (χ4n) is 2.97. The molecule has 0 saturated carbocycles.